The van der Waals surface area contributed by atoms with Crippen molar-refractivity contribution in [2.75, 3.05) is 5.32 Å². The number of carbonyl (C=O) groups excluding carboxylic acids is 2. The predicted molar refractivity (Wildman–Crippen MR) is 95.9 cm³/mol. The van der Waals surface area contributed by atoms with Crippen molar-refractivity contribution in [3.8, 4) is 0 Å². The molecular weight excluding hydrogens is 359 g/mol. The molecule has 1 aromatic carbocycles. The number of Topliss-reactive ketones (excluding diaryl/α,β-unsaturated/α-hetero) is 1. The molecule has 1 aromatic heterocycles. The highest BCUT2D eigenvalue weighted by molar-refractivity contribution is 6.01. The Labute approximate surface area is 154 Å². The molecule has 0 aliphatic carbocycles. The lowest BCUT2D eigenvalue weighted by Crippen LogP contribution is -2.09. The minimum atomic E-state index is -4.43. The molecule has 0 saturated carbocycles. The summed E-state index contributed by atoms with van der Waals surface area (Å²) in [7, 11) is 0. The van der Waals surface area contributed by atoms with Crippen molar-refractivity contribution in [2.45, 2.75) is 38.9 Å². The summed E-state index contributed by atoms with van der Waals surface area (Å²) in [4.78, 5) is 22.8. The van der Waals surface area contributed by atoms with Crippen molar-refractivity contribution >= 4 is 23.6 Å². The Morgan fingerprint density at radius 3 is 2.70 bits per heavy atom. The summed E-state index contributed by atoms with van der Waals surface area (Å²) in [5.74, 6) is 0.00507. The largest absolute Gasteiger partial charge is 0.416 e. The van der Waals surface area contributed by atoms with Gasteiger partial charge in [0.15, 0.2) is 5.82 Å². The number of benzene rings is 1. The van der Waals surface area contributed by atoms with Crippen LogP contribution in [-0.4, -0.2) is 21.5 Å². The first-order valence-electron chi connectivity index (χ1n) is 8.43. The number of nitrogens with zero attached hydrogens (tertiary/aromatic N) is 2. The van der Waals surface area contributed by atoms with Crippen molar-refractivity contribution in [1.29, 1.82) is 0 Å². The highest BCUT2D eigenvalue weighted by atomic mass is 19.4. The van der Waals surface area contributed by atoms with Gasteiger partial charge < -0.3 is 10.1 Å². The number of aryl methyl sites for hydroxylation is 1. The van der Waals surface area contributed by atoms with E-state index in [1.54, 1.807) is 23.9 Å². The molecule has 1 heterocycles. The Hall–Kier alpha value is -2.90. The molecule has 5 nitrogen and oxygen atoms in total. The average molecular weight is 379 g/mol. The molecule has 0 aliphatic rings. The number of aromatic nitrogens is 2. The lowest BCUT2D eigenvalue weighted by Gasteiger charge is -2.06. The summed E-state index contributed by atoms with van der Waals surface area (Å²) >= 11 is 0. The second kappa shape index (κ2) is 9.16. The molecular formula is C19H20F3N3O2. The average Bonchev–Trinajstić information content (AvgIpc) is 3.03. The smallest absolute Gasteiger partial charge is 0.306 e. The van der Waals surface area contributed by atoms with E-state index in [9.17, 15) is 22.8 Å². The van der Waals surface area contributed by atoms with Gasteiger partial charge in [0.25, 0.3) is 0 Å². The monoisotopic (exact) mass is 379 g/mol. The first kappa shape index (κ1) is 20.4. The van der Waals surface area contributed by atoms with E-state index in [0.29, 0.717) is 18.8 Å². The van der Waals surface area contributed by atoms with Crippen LogP contribution in [0.2, 0.25) is 0 Å². The molecule has 0 atom stereocenters. The Bertz CT molecular complexity index is 826. The summed E-state index contributed by atoms with van der Waals surface area (Å²) < 4.78 is 39.7. The van der Waals surface area contributed by atoms with Gasteiger partial charge in [-0.2, -0.15) is 18.3 Å². The molecule has 27 heavy (non-hydrogen) atoms. The fraction of sp³-hybridized carbons (Fsp3) is 0.316. The zero-order chi connectivity index (χ0) is 19.9. The highest BCUT2D eigenvalue weighted by Gasteiger charge is 2.30. The topological polar surface area (TPSA) is 64.0 Å². The van der Waals surface area contributed by atoms with Gasteiger partial charge in [0.1, 0.15) is 5.78 Å². The van der Waals surface area contributed by atoms with Crippen molar-refractivity contribution < 1.29 is 22.8 Å². The number of nitrogens with one attached hydrogen (secondary N) is 1. The Morgan fingerprint density at radius 1 is 1.22 bits per heavy atom. The third-order valence-electron chi connectivity index (χ3n) is 3.70. The van der Waals surface area contributed by atoms with Crippen LogP contribution in [-0.2, 0) is 22.3 Å². The fourth-order valence-corrected chi connectivity index (χ4v) is 2.36. The molecule has 8 heteroatoms. The number of ketones is 1. The molecule has 2 aromatic rings. The second-order valence-electron chi connectivity index (χ2n) is 6.07. The molecule has 0 bridgehead atoms. The molecule has 0 fully saturated rings. The first-order valence-corrected chi connectivity index (χ1v) is 8.43. The standard InChI is InChI=1S/C19H20F3N3O2/c1-14(26)5-2-3-11-25-12-10-17(24-25)23-18(27)9-8-15-6-4-7-16(13-15)19(20,21)22/h4,6-10,12-13H,2-3,5,11H2,1H3,(H,23,24,27). The third kappa shape index (κ3) is 7.08. The molecule has 0 aliphatic heterocycles. The van der Waals surface area contributed by atoms with Crippen molar-refractivity contribution in [3.05, 3.63) is 53.7 Å². The van der Waals surface area contributed by atoms with E-state index in [4.69, 9.17) is 0 Å². The van der Waals surface area contributed by atoms with Gasteiger partial charge in [0, 0.05) is 31.3 Å². The normalized spacial score (nSPS) is 11.7. The number of hydrogen-bond donors (Lipinski definition) is 1. The van der Waals surface area contributed by atoms with Gasteiger partial charge in [-0.05, 0) is 43.5 Å². The maximum Gasteiger partial charge on any atom is 0.416 e. The van der Waals surface area contributed by atoms with Crippen LogP contribution in [0.25, 0.3) is 6.08 Å². The maximum absolute atomic E-state index is 12.7. The number of unbranched alkanes of at least 4 members (excludes halogenated alkanes) is 1. The van der Waals surface area contributed by atoms with Crippen molar-refractivity contribution in [1.82, 2.24) is 9.78 Å². The second-order valence-corrected chi connectivity index (χ2v) is 6.07. The Balaban J connectivity index is 1.87. The molecule has 0 unspecified atom stereocenters. The SMILES string of the molecule is CC(=O)CCCCn1ccc(NC(=O)C=Cc2cccc(C(F)(F)F)c2)n1. The Kier molecular flexibility index (Phi) is 6.92. The van der Waals surface area contributed by atoms with Gasteiger partial charge in [-0.25, -0.2) is 0 Å². The van der Waals surface area contributed by atoms with E-state index in [0.717, 1.165) is 31.1 Å². The van der Waals surface area contributed by atoms with Gasteiger partial charge in [0.2, 0.25) is 5.91 Å². The lowest BCUT2D eigenvalue weighted by atomic mass is 10.1. The number of anilines is 1. The maximum atomic E-state index is 12.7. The highest BCUT2D eigenvalue weighted by Crippen LogP contribution is 2.29. The molecule has 0 radical (unpaired) electrons. The molecule has 1 amide bonds. The number of halogens is 3. The zero-order valence-electron chi connectivity index (χ0n) is 14.8. The zero-order valence-corrected chi connectivity index (χ0v) is 14.8. The summed E-state index contributed by atoms with van der Waals surface area (Å²) in [6.07, 6.45) is 1.85. The number of carbonyl (C=O) groups is 2. The van der Waals surface area contributed by atoms with Gasteiger partial charge in [-0.1, -0.05) is 12.1 Å². The van der Waals surface area contributed by atoms with Crippen LogP contribution in [0.4, 0.5) is 19.0 Å². The van der Waals surface area contributed by atoms with E-state index < -0.39 is 17.6 Å². The molecule has 1 N–H and O–H groups in total. The minimum Gasteiger partial charge on any atom is -0.306 e. The quantitative estimate of drug-likeness (QED) is 0.549. The van der Waals surface area contributed by atoms with E-state index in [2.05, 4.69) is 10.4 Å². The van der Waals surface area contributed by atoms with Gasteiger partial charge >= 0.3 is 6.18 Å². The van der Waals surface area contributed by atoms with Crippen LogP contribution in [0.15, 0.2) is 42.6 Å². The van der Waals surface area contributed by atoms with E-state index in [-0.39, 0.29) is 11.3 Å². The summed E-state index contributed by atoms with van der Waals surface area (Å²) in [5.41, 5.74) is -0.496. The van der Waals surface area contributed by atoms with Crippen LogP contribution >= 0.6 is 0 Å². The van der Waals surface area contributed by atoms with Crippen LogP contribution in [0.5, 0.6) is 0 Å². The number of rotatable bonds is 8. The minimum absolute atomic E-state index is 0.149. The summed E-state index contributed by atoms with van der Waals surface area (Å²) in [6.45, 7) is 2.18. The van der Waals surface area contributed by atoms with E-state index in [1.165, 1.54) is 18.2 Å². The van der Waals surface area contributed by atoms with Crippen LogP contribution < -0.4 is 5.32 Å². The number of alkyl halides is 3. The van der Waals surface area contributed by atoms with Crippen LogP contribution in [0.1, 0.15) is 37.3 Å². The van der Waals surface area contributed by atoms with E-state index in [1.807, 2.05) is 0 Å². The molecule has 0 saturated heterocycles. The van der Waals surface area contributed by atoms with E-state index >= 15 is 0 Å². The Morgan fingerprint density at radius 2 is 2.00 bits per heavy atom. The molecule has 0 spiro atoms. The number of amides is 1. The van der Waals surface area contributed by atoms with Crippen LogP contribution in [0, 0.1) is 0 Å². The molecule has 144 valence electrons. The van der Waals surface area contributed by atoms with Crippen molar-refractivity contribution in [2.24, 2.45) is 0 Å². The van der Waals surface area contributed by atoms with Crippen molar-refractivity contribution in [3.63, 3.8) is 0 Å². The van der Waals surface area contributed by atoms with Crippen LogP contribution in [0.3, 0.4) is 0 Å². The summed E-state index contributed by atoms with van der Waals surface area (Å²) in [5, 5.41) is 6.74. The lowest BCUT2D eigenvalue weighted by molar-refractivity contribution is -0.137. The van der Waals surface area contributed by atoms with Gasteiger partial charge in [-0.15, -0.1) is 0 Å². The first-order chi connectivity index (χ1) is 12.7. The molecule has 2 rings (SSSR count). The predicted octanol–water partition coefficient (Wildman–Crippen LogP) is 4.31. The van der Waals surface area contributed by atoms with Gasteiger partial charge in [0.05, 0.1) is 5.56 Å². The third-order valence-corrected chi connectivity index (χ3v) is 3.70. The van der Waals surface area contributed by atoms with Gasteiger partial charge in [-0.3, -0.25) is 9.48 Å². The fourth-order valence-electron chi connectivity index (χ4n) is 2.36. The summed E-state index contributed by atoms with van der Waals surface area (Å²) in [6, 6.07) is 6.34. The number of hydrogen-bond acceptors (Lipinski definition) is 3.